The third-order valence-electron chi connectivity index (χ3n) is 3.00. The van der Waals surface area contributed by atoms with Crippen molar-refractivity contribution in [3.05, 3.63) is 17.2 Å². The highest BCUT2D eigenvalue weighted by atomic mass is 16.6. The van der Waals surface area contributed by atoms with Gasteiger partial charge in [0.15, 0.2) is 0 Å². The summed E-state index contributed by atoms with van der Waals surface area (Å²) in [5.41, 5.74) is 1.73. The normalized spacial score (nSPS) is 13.1. The average Bonchev–Trinajstić information content (AvgIpc) is 2.76. The molecule has 0 bridgehead atoms. The van der Waals surface area contributed by atoms with Gasteiger partial charge in [0.25, 0.3) is 0 Å². The van der Waals surface area contributed by atoms with Crippen molar-refractivity contribution >= 4 is 6.09 Å². The number of carbonyl (C=O) groups excluding carboxylic acids is 1. The first-order chi connectivity index (χ1) is 9.30. The molecule has 0 spiro atoms. The Bertz CT molecular complexity index is 425. The zero-order chi connectivity index (χ0) is 15.3. The monoisotopic (exact) mass is 281 g/mol. The molecule has 0 aliphatic carbocycles. The highest BCUT2D eigenvalue weighted by Crippen LogP contribution is 2.18. The Balaban J connectivity index is 2.80. The molecule has 0 aliphatic heterocycles. The number of aromatic nitrogens is 2. The highest BCUT2D eigenvalue weighted by molar-refractivity contribution is 5.68. The number of nitrogens with one attached hydrogen (secondary N) is 2. The molecule has 0 radical (unpaired) electrons. The minimum absolute atomic E-state index is 0.143. The SMILES string of the molecule is CCc1nc([C@H](CC)NC(=O)OC(C)(C)C)[nH]c1CC. The second-order valence-electron chi connectivity index (χ2n) is 5.86. The van der Waals surface area contributed by atoms with E-state index < -0.39 is 11.7 Å². The maximum Gasteiger partial charge on any atom is 0.408 e. The summed E-state index contributed by atoms with van der Waals surface area (Å²) in [7, 11) is 0. The van der Waals surface area contributed by atoms with E-state index in [1.807, 2.05) is 27.7 Å². The van der Waals surface area contributed by atoms with E-state index >= 15 is 0 Å². The molecule has 0 aliphatic rings. The van der Waals surface area contributed by atoms with Crippen LogP contribution in [0.2, 0.25) is 0 Å². The number of amides is 1. The van der Waals surface area contributed by atoms with Crippen molar-refractivity contribution in [2.24, 2.45) is 0 Å². The number of hydrogen-bond acceptors (Lipinski definition) is 3. The average molecular weight is 281 g/mol. The van der Waals surface area contributed by atoms with Crippen LogP contribution in [-0.4, -0.2) is 21.7 Å². The molecule has 1 rings (SSSR count). The van der Waals surface area contributed by atoms with E-state index in [9.17, 15) is 4.79 Å². The molecule has 0 saturated carbocycles. The van der Waals surface area contributed by atoms with Crippen molar-refractivity contribution in [2.45, 2.75) is 72.4 Å². The van der Waals surface area contributed by atoms with Gasteiger partial charge in [-0.05, 0) is 40.0 Å². The summed E-state index contributed by atoms with van der Waals surface area (Å²) in [5.74, 6) is 0.812. The van der Waals surface area contributed by atoms with Gasteiger partial charge in [-0.25, -0.2) is 9.78 Å². The first kappa shape index (κ1) is 16.5. The molecule has 20 heavy (non-hydrogen) atoms. The Kier molecular flexibility index (Phi) is 5.60. The third kappa shape index (κ3) is 4.54. The molecule has 0 saturated heterocycles. The number of nitrogens with zero attached hydrogens (tertiary/aromatic N) is 1. The van der Waals surface area contributed by atoms with Gasteiger partial charge in [0.2, 0.25) is 0 Å². The summed E-state index contributed by atoms with van der Waals surface area (Å²) in [6, 6.07) is -0.143. The molecule has 1 aromatic rings. The number of rotatable bonds is 5. The second-order valence-corrected chi connectivity index (χ2v) is 5.86. The standard InChI is InChI=1S/C15H27N3O2/c1-7-10-11(8-2)17-13(16-10)12(9-3)18-14(19)20-15(4,5)6/h12H,7-9H2,1-6H3,(H,16,17)(H,18,19)/t12-/m0/s1. The maximum absolute atomic E-state index is 11.9. The summed E-state index contributed by atoms with van der Waals surface area (Å²) in [6.45, 7) is 11.8. The predicted molar refractivity (Wildman–Crippen MR) is 79.7 cm³/mol. The quantitative estimate of drug-likeness (QED) is 0.868. The van der Waals surface area contributed by atoms with Crippen LogP contribution in [0.25, 0.3) is 0 Å². The van der Waals surface area contributed by atoms with E-state index in [0.29, 0.717) is 0 Å². The van der Waals surface area contributed by atoms with Crippen LogP contribution in [0.5, 0.6) is 0 Å². The van der Waals surface area contributed by atoms with E-state index in [1.54, 1.807) is 0 Å². The molecule has 5 nitrogen and oxygen atoms in total. The summed E-state index contributed by atoms with van der Waals surface area (Å²) in [6.07, 6.45) is 2.16. The number of imidazole rings is 1. The van der Waals surface area contributed by atoms with Crippen LogP contribution in [0.15, 0.2) is 0 Å². The first-order valence-corrected chi connectivity index (χ1v) is 7.37. The van der Waals surface area contributed by atoms with Gasteiger partial charge in [-0.15, -0.1) is 0 Å². The fraction of sp³-hybridized carbons (Fsp3) is 0.733. The van der Waals surface area contributed by atoms with Crippen molar-refractivity contribution in [2.75, 3.05) is 0 Å². The summed E-state index contributed by atoms with van der Waals surface area (Å²) >= 11 is 0. The van der Waals surface area contributed by atoms with E-state index in [4.69, 9.17) is 4.74 Å². The minimum atomic E-state index is -0.491. The number of carbonyl (C=O) groups is 1. The van der Waals surface area contributed by atoms with Crippen LogP contribution in [0.1, 0.15) is 71.2 Å². The van der Waals surface area contributed by atoms with Crippen LogP contribution in [0, 0.1) is 0 Å². The topological polar surface area (TPSA) is 67.0 Å². The predicted octanol–water partition coefficient (Wildman–Crippen LogP) is 3.51. The van der Waals surface area contributed by atoms with Crippen LogP contribution in [0.3, 0.4) is 0 Å². The van der Waals surface area contributed by atoms with E-state index in [0.717, 1.165) is 36.5 Å². The van der Waals surface area contributed by atoms with E-state index in [2.05, 4.69) is 29.1 Å². The molecule has 1 amide bonds. The fourth-order valence-electron chi connectivity index (χ4n) is 2.03. The Morgan fingerprint density at radius 1 is 1.30 bits per heavy atom. The van der Waals surface area contributed by atoms with Gasteiger partial charge >= 0.3 is 6.09 Å². The molecule has 0 fully saturated rings. The Hall–Kier alpha value is -1.52. The largest absolute Gasteiger partial charge is 0.444 e. The number of aromatic amines is 1. The number of aryl methyl sites for hydroxylation is 2. The van der Waals surface area contributed by atoms with Crippen molar-refractivity contribution in [3.63, 3.8) is 0 Å². The van der Waals surface area contributed by atoms with Crippen LogP contribution >= 0.6 is 0 Å². The second kappa shape index (κ2) is 6.77. The molecule has 0 unspecified atom stereocenters. The molecular formula is C15H27N3O2. The molecule has 1 heterocycles. The molecule has 1 aromatic heterocycles. The number of ether oxygens (including phenoxy) is 1. The van der Waals surface area contributed by atoms with Crippen molar-refractivity contribution in [1.29, 1.82) is 0 Å². The van der Waals surface area contributed by atoms with Gasteiger partial charge in [0, 0.05) is 5.69 Å². The lowest BCUT2D eigenvalue weighted by Crippen LogP contribution is -2.35. The third-order valence-corrected chi connectivity index (χ3v) is 3.00. The number of H-pyrrole nitrogens is 1. The van der Waals surface area contributed by atoms with Gasteiger partial charge in [-0.3, -0.25) is 0 Å². The van der Waals surface area contributed by atoms with E-state index in [1.165, 1.54) is 0 Å². The lowest BCUT2D eigenvalue weighted by molar-refractivity contribution is 0.0500. The molecule has 114 valence electrons. The molecule has 0 aromatic carbocycles. The zero-order valence-corrected chi connectivity index (χ0v) is 13.5. The summed E-state index contributed by atoms with van der Waals surface area (Å²) < 4.78 is 5.29. The van der Waals surface area contributed by atoms with Gasteiger partial charge in [-0.2, -0.15) is 0 Å². The Labute approximate surface area is 121 Å². The minimum Gasteiger partial charge on any atom is -0.444 e. The van der Waals surface area contributed by atoms with Gasteiger partial charge < -0.3 is 15.0 Å². The summed E-state index contributed by atoms with van der Waals surface area (Å²) in [5, 5.41) is 2.87. The van der Waals surface area contributed by atoms with Crippen molar-refractivity contribution in [3.8, 4) is 0 Å². The molecule has 1 atom stereocenters. The maximum atomic E-state index is 11.9. The van der Waals surface area contributed by atoms with Gasteiger partial charge in [0.1, 0.15) is 11.4 Å². The van der Waals surface area contributed by atoms with E-state index in [-0.39, 0.29) is 6.04 Å². The van der Waals surface area contributed by atoms with Crippen molar-refractivity contribution < 1.29 is 9.53 Å². The van der Waals surface area contributed by atoms with Gasteiger partial charge in [0.05, 0.1) is 11.7 Å². The molecule has 5 heteroatoms. The smallest absolute Gasteiger partial charge is 0.408 e. The lowest BCUT2D eigenvalue weighted by atomic mass is 10.2. The molecular weight excluding hydrogens is 254 g/mol. The van der Waals surface area contributed by atoms with Crippen LogP contribution in [-0.2, 0) is 17.6 Å². The number of alkyl carbamates (subject to hydrolysis) is 1. The Morgan fingerprint density at radius 3 is 2.35 bits per heavy atom. The van der Waals surface area contributed by atoms with Crippen LogP contribution in [0.4, 0.5) is 4.79 Å². The first-order valence-electron chi connectivity index (χ1n) is 7.37. The fourth-order valence-corrected chi connectivity index (χ4v) is 2.03. The van der Waals surface area contributed by atoms with Crippen LogP contribution < -0.4 is 5.32 Å². The number of hydrogen-bond donors (Lipinski definition) is 2. The lowest BCUT2D eigenvalue weighted by Gasteiger charge is -2.22. The van der Waals surface area contributed by atoms with Gasteiger partial charge in [-0.1, -0.05) is 20.8 Å². The summed E-state index contributed by atoms with van der Waals surface area (Å²) in [4.78, 5) is 19.8. The molecule has 2 N–H and O–H groups in total. The van der Waals surface area contributed by atoms with Crippen molar-refractivity contribution in [1.82, 2.24) is 15.3 Å². The Morgan fingerprint density at radius 2 is 1.95 bits per heavy atom. The zero-order valence-electron chi connectivity index (χ0n) is 13.5. The highest BCUT2D eigenvalue weighted by Gasteiger charge is 2.22.